The first-order valence-corrected chi connectivity index (χ1v) is 2.52. The van der Waals surface area contributed by atoms with E-state index in [0.29, 0.717) is 6.10 Å². The Hall–Kier alpha value is -0.0151. The molecule has 0 saturated carbocycles. The average Bonchev–Trinajstić information content (AvgIpc) is 2.14. The highest BCUT2D eigenvalue weighted by Crippen LogP contribution is 2.02. The van der Waals surface area contributed by atoms with Crippen LogP contribution in [0, 0.1) is 0 Å². The SMILES string of the molecule is CCC1CO[B]O1. The summed E-state index contributed by atoms with van der Waals surface area (Å²) in [7, 11) is 1.41. The highest BCUT2D eigenvalue weighted by Gasteiger charge is 2.14. The van der Waals surface area contributed by atoms with Gasteiger partial charge in [-0.3, -0.25) is 0 Å². The summed E-state index contributed by atoms with van der Waals surface area (Å²) >= 11 is 0. The smallest absolute Gasteiger partial charge is 0.411 e. The summed E-state index contributed by atoms with van der Waals surface area (Å²) in [5.74, 6) is 0. The highest BCUT2D eigenvalue weighted by atomic mass is 16.6. The van der Waals surface area contributed by atoms with E-state index in [0.717, 1.165) is 13.0 Å². The van der Waals surface area contributed by atoms with Gasteiger partial charge in [-0.25, -0.2) is 0 Å². The monoisotopic (exact) mass is 99.1 g/mol. The van der Waals surface area contributed by atoms with Gasteiger partial charge in [0.15, 0.2) is 0 Å². The van der Waals surface area contributed by atoms with Crippen molar-refractivity contribution in [3.8, 4) is 0 Å². The average molecular weight is 98.9 g/mol. The fourth-order valence-corrected chi connectivity index (χ4v) is 0.518. The van der Waals surface area contributed by atoms with Gasteiger partial charge in [0, 0.05) is 0 Å². The molecule has 0 spiro atoms. The predicted molar refractivity (Wildman–Crippen MR) is 26.9 cm³/mol. The molecule has 1 saturated heterocycles. The highest BCUT2D eigenvalue weighted by molar-refractivity contribution is 6.18. The molecule has 1 heterocycles. The molecule has 0 aliphatic carbocycles. The normalized spacial score (nSPS) is 30.1. The van der Waals surface area contributed by atoms with Gasteiger partial charge in [0.1, 0.15) is 0 Å². The lowest BCUT2D eigenvalue weighted by Crippen LogP contribution is -2.06. The molecule has 1 unspecified atom stereocenters. The third-order valence-electron chi connectivity index (χ3n) is 1.05. The van der Waals surface area contributed by atoms with Crippen molar-refractivity contribution in [3.05, 3.63) is 0 Å². The molecule has 0 aromatic heterocycles. The first-order chi connectivity index (χ1) is 3.43. The molecule has 39 valence electrons. The molecule has 0 N–H and O–H groups in total. The molecule has 1 aliphatic heterocycles. The van der Waals surface area contributed by atoms with E-state index in [1.54, 1.807) is 0 Å². The molecule has 1 fully saturated rings. The van der Waals surface area contributed by atoms with Gasteiger partial charge in [-0.1, -0.05) is 6.92 Å². The van der Waals surface area contributed by atoms with Crippen LogP contribution < -0.4 is 0 Å². The molecule has 3 heteroatoms. The van der Waals surface area contributed by atoms with Crippen molar-refractivity contribution in [1.82, 2.24) is 0 Å². The van der Waals surface area contributed by atoms with Crippen molar-refractivity contribution in [2.24, 2.45) is 0 Å². The van der Waals surface area contributed by atoms with Crippen molar-refractivity contribution in [1.29, 1.82) is 0 Å². The summed E-state index contributed by atoms with van der Waals surface area (Å²) in [5, 5.41) is 0. The standard InChI is InChI=1S/C4H8BO2/c1-2-4-3-6-5-7-4/h4H,2-3H2,1H3. The van der Waals surface area contributed by atoms with E-state index in [1.165, 1.54) is 7.69 Å². The maximum absolute atomic E-state index is 4.95. The molecule has 1 rings (SSSR count). The second kappa shape index (κ2) is 2.33. The zero-order valence-corrected chi connectivity index (χ0v) is 4.39. The van der Waals surface area contributed by atoms with Crippen molar-refractivity contribution in [2.45, 2.75) is 19.4 Å². The summed E-state index contributed by atoms with van der Waals surface area (Å²) in [6.45, 7) is 2.81. The zero-order chi connectivity index (χ0) is 5.11. The Morgan fingerprint density at radius 1 is 1.86 bits per heavy atom. The molecule has 1 atom stereocenters. The van der Waals surface area contributed by atoms with Crippen LogP contribution in [-0.2, 0) is 9.31 Å². The Balaban J connectivity index is 2.14. The van der Waals surface area contributed by atoms with E-state index in [9.17, 15) is 0 Å². The van der Waals surface area contributed by atoms with Crippen molar-refractivity contribution < 1.29 is 9.31 Å². The van der Waals surface area contributed by atoms with Crippen LogP contribution in [0.5, 0.6) is 0 Å². The second-order valence-electron chi connectivity index (χ2n) is 1.60. The minimum atomic E-state index is 0.319. The van der Waals surface area contributed by atoms with Gasteiger partial charge < -0.3 is 9.31 Å². The van der Waals surface area contributed by atoms with Gasteiger partial charge in [0.2, 0.25) is 0 Å². The summed E-state index contributed by atoms with van der Waals surface area (Å²) < 4.78 is 9.76. The zero-order valence-electron chi connectivity index (χ0n) is 4.39. The lowest BCUT2D eigenvalue weighted by atomic mass is 10.3. The summed E-state index contributed by atoms with van der Waals surface area (Å²) in [6.07, 6.45) is 1.36. The van der Waals surface area contributed by atoms with Crippen LogP contribution in [0.2, 0.25) is 0 Å². The van der Waals surface area contributed by atoms with Gasteiger partial charge in [-0.15, -0.1) is 0 Å². The molecular weight excluding hydrogens is 90.9 g/mol. The summed E-state index contributed by atoms with van der Waals surface area (Å²) in [6, 6.07) is 0. The van der Waals surface area contributed by atoms with E-state index < -0.39 is 0 Å². The molecule has 0 aromatic carbocycles. The van der Waals surface area contributed by atoms with Gasteiger partial charge in [-0.2, -0.15) is 0 Å². The quantitative estimate of drug-likeness (QED) is 0.441. The lowest BCUT2D eigenvalue weighted by Gasteiger charge is -2.00. The molecule has 1 aliphatic rings. The van der Waals surface area contributed by atoms with Crippen LogP contribution in [0.15, 0.2) is 0 Å². The molecule has 2 nitrogen and oxygen atoms in total. The lowest BCUT2D eigenvalue weighted by molar-refractivity contribution is 0.232. The van der Waals surface area contributed by atoms with E-state index >= 15 is 0 Å². The first-order valence-electron chi connectivity index (χ1n) is 2.52. The van der Waals surface area contributed by atoms with Crippen LogP contribution in [-0.4, -0.2) is 20.4 Å². The predicted octanol–water partition coefficient (Wildman–Crippen LogP) is 0.346. The molecular formula is C4H8BO2. The minimum Gasteiger partial charge on any atom is -0.411 e. The molecule has 0 aromatic rings. The Morgan fingerprint density at radius 3 is 3.00 bits per heavy atom. The van der Waals surface area contributed by atoms with Crippen LogP contribution in [0.3, 0.4) is 0 Å². The fourth-order valence-electron chi connectivity index (χ4n) is 0.518. The van der Waals surface area contributed by atoms with Crippen LogP contribution >= 0.6 is 0 Å². The summed E-state index contributed by atoms with van der Waals surface area (Å²) in [5.41, 5.74) is 0. The van der Waals surface area contributed by atoms with Crippen LogP contribution in [0.1, 0.15) is 13.3 Å². The van der Waals surface area contributed by atoms with E-state index in [4.69, 9.17) is 9.31 Å². The van der Waals surface area contributed by atoms with Crippen molar-refractivity contribution >= 4 is 7.69 Å². The van der Waals surface area contributed by atoms with Crippen LogP contribution in [0.25, 0.3) is 0 Å². The Kier molecular flexibility index (Phi) is 1.71. The van der Waals surface area contributed by atoms with Crippen LogP contribution in [0.4, 0.5) is 0 Å². The summed E-state index contributed by atoms with van der Waals surface area (Å²) in [4.78, 5) is 0. The Morgan fingerprint density at radius 2 is 2.71 bits per heavy atom. The minimum absolute atomic E-state index is 0.319. The van der Waals surface area contributed by atoms with Gasteiger partial charge in [0.05, 0.1) is 12.7 Å². The van der Waals surface area contributed by atoms with Crippen molar-refractivity contribution in [2.75, 3.05) is 6.61 Å². The van der Waals surface area contributed by atoms with Gasteiger partial charge >= 0.3 is 7.69 Å². The Labute approximate surface area is 44.1 Å². The topological polar surface area (TPSA) is 18.5 Å². The Bertz CT molecular complexity index is 51.7. The largest absolute Gasteiger partial charge is 0.488 e. The number of hydrogen-bond acceptors (Lipinski definition) is 2. The second-order valence-corrected chi connectivity index (χ2v) is 1.60. The molecule has 0 amide bonds. The third-order valence-corrected chi connectivity index (χ3v) is 1.05. The van der Waals surface area contributed by atoms with Gasteiger partial charge in [0.25, 0.3) is 0 Å². The number of hydrogen-bond donors (Lipinski definition) is 0. The maximum Gasteiger partial charge on any atom is 0.488 e. The number of rotatable bonds is 1. The van der Waals surface area contributed by atoms with E-state index in [1.807, 2.05) is 0 Å². The van der Waals surface area contributed by atoms with E-state index in [2.05, 4.69) is 6.92 Å². The fraction of sp³-hybridized carbons (Fsp3) is 1.00. The first kappa shape index (κ1) is 5.13. The molecule has 7 heavy (non-hydrogen) atoms. The van der Waals surface area contributed by atoms with E-state index in [-0.39, 0.29) is 0 Å². The van der Waals surface area contributed by atoms with Gasteiger partial charge in [-0.05, 0) is 6.42 Å². The molecule has 0 bridgehead atoms. The molecule has 1 radical (unpaired) electrons. The van der Waals surface area contributed by atoms with Crippen molar-refractivity contribution in [3.63, 3.8) is 0 Å². The maximum atomic E-state index is 4.95. The third kappa shape index (κ3) is 1.18.